The number of hydrogen-bond donors (Lipinski definition) is 4. The van der Waals surface area contributed by atoms with Crippen LogP contribution in [0.3, 0.4) is 0 Å². The third-order valence-electron chi connectivity index (χ3n) is 8.72. The first kappa shape index (κ1) is 27.2. The predicted octanol–water partition coefficient (Wildman–Crippen LogP) is 3.95. The van der Waals surface area contributed by atoms with Crippen molar-refractivity contribution in [1.29, 1.82) is 0 Å². The van der Waals surface area contributed by atoms with Gasteiger partial charge in [0.15, 0.2) is 0 Å². The van der Waals surface area contributed by atoms with Gasteiger partial charge in [-0.15, -0.1) is 11.6 Å². The molecule has 2 aliphatic rings. The Hall–Kier alpha value is -3.95. The predicted molar refractivity (Wildman–Crippen MR) is 156 cm³/mol. The number of aromatic amines is 2. The second-order valence-corrected chi connectivity index (χ2v) is 12.1. The minimum atomic E-state index is -0.867. The largest absolute Gasteiger partial charge is 0.390 e. The van der Waals surface area contributed by atoms with E-state index in [9.17, 15) is 23.9 Å². The van der Waals surface area contributed by atoms with E-state index in [0.29, 0.717) is 35.4 Å². The number of rotatable bonds is 4. The van der Waals surface area contributed by atoms with Gasteiger partial charge in [0.05, 0.1) is 38.8 Å². The van der Waals surface area contributed by atoms with Crippen molar-refractivity contribution in [3.63, 3.8) is 0 Å². The highest BCUT2D eigenvalue weighted by atomic mass is 35.5. The molecule has 2 aromatic heterocycles. The first-order valence-corrected chi connectivity index (χ1v) is 14.0. The first-order valence-electron chi connectivity index (χ1n) is 13.5. The molecule has 0 spiro atoms. The number of allylic oxidation sites excluding steroid dienone is 1. The Bertz CT molecular complexity index is 1900. The fraction of sp³-hybridized carbons (Fsp3) is 0.323. The lowest BCUT2D eigenvalue weighted by Crippen LogP contribution is -2.35. The molecule has 0 fully saturated rings. The van der Waals surface area contributed by atoms with Crippen molar-refractivity contribution >= 4 is 34.0 Å². The van der Waals surface area contributed by atoms with Gasteiger partial charge in [0.2, 0.25) is 0 Å². The van der Waals surface area contributed by atoms with Gasteiger partial charge in [0.25, 0.3) is 11.5 Å². The molecule has 0 saturated carbocycles. The number of nitrogens with two attached hydrogens (primary N) is 1. The first-order chi connectivity index (χ1) is 19.4. The fourth-order valence-electron chi connectivity index (χ4n) is 6.57. The Morgan fingerprint density at radius 3 is 2.61 bits per heavy atom. The van der Waals surface area contributed by atoms with E-state index in [0.717, 1.165) is 33.4 Å². The summed E-state index contributed by atoms with van der Waals surface area (Å²) in [5, 5.41) is 10.1. The van der Waals surface area contributed by atoms with Gasteiger partial charge in [-0.3, -0.25) is 9.59 Å². The zero-order valence-electron chi connectivity index (χ0n) is 22.8. The number of aliphatic hydroxyl groups is 1. The number of H-pyrrole nitrogens is 2. The Morgan fingerprint density at radius 1 is 1.17 bits per heavy atom. The number of carbonyl (C=O) groups excluding carboxylic acids is 1. The number of benzene rings is 2. The number of fused-ring (bicyclic) bond motifs is 4. The number of primary amides is 1. The summed E-state index contributed by atoms with van der Waals surface area (Å²) in [4.78, 5) is 45.0. The maximum absolute atomic E-state index is 14.3. The summed E-state index contributed by atoms with van der Waals surface area (Å²) in [5.74, 6) is -1.67. The summed E-state index contributed by atoms with van der Waals surface area (Å²) in [6, 6.07) is 9.39. The molecule has 212 valence electrons. The van der Waals surface area contributed by atoms with Crippen LogP contribution in [0, 0.1) is 18.7 Å². The number of aromatic nitrogens is 3. The quantitative estimate of drug-likeness (QED) is 0.274. The van der Waals surface area contributed by atoms with Crippen molar-refractivity contribution in [2.45, 2.75) is 56.9 Å². The van der Waals surface area contributed by atoms with Gasteiger partial charge in [0.1, 0.15) is 5.82 Å². The molecule has 0 unspecified atom stereocenters. The van der Waals surface area contributed by atoms with Gasteiger partial charge in [-0.2, -0.15) is 0 Å². The summed E-state index contributed by atoms with van der Waals surface area (Å²) < 4.78 is 15.4. The Balaban J connectivity index is 1.55. The summed E-state index contributed by atoms with van der Waals surface area (Å²) in [7, 11) is 0. The van der Waals surface area contributed by atoms with E-state index < -0.39 is 39.9 Å². The van der Waals surface area contributed by atoms with Gasteiger partial charge in [0, 0.05) is 11.6 Å². The monoisotopic (exact) mass is 576 g/mol. The van der Waals surface area contributed by atoms with E-state index in [4.69, 9.17) is 17.3 Å². The molecule has 2 aliphatic carbocycles. The lowest BCUT2D eigenvalue weighted by Gasteiger charge is -2.34. The molecule has 0 bridgehead atoms. The van der Waals surface area contributed by atoms with Crippen molar-refractivity contribution < 1.29 is 14.3 Å². The number of carbonyl (C=O) groups is 1. The van der Waals surface area contributed by atoms with Crippen molar-refractivity contribution in [2.24, 2.45) is 11.7 Å². The van der Waals surface area contributed by atoms with Gasteiger partial charge in [-0.25, -0.2) is 13.8 Å². The highest BCUT2D eigenvalue weighted by Gasteiger charge is 2.40. The average Bonchev–Trinajstić information content (AvgIpc) is 3.28. The van der Waals surface area contributed by atoms with Crippen molar-refractivity contribution in [2.75, 3.05) is 0 Å². The average molecular weight is 577 g/mol. The summed E-state index contributed by atoms with van der Waals surface area (Å²) in [6.45, 7) is 5.42. The molecule has 4 aromatic rings. The van der Waals surface area contributed by atoms with Gasteiger partial charge < -0.3 is 20.8 Å². The molecule has 10 heteroatoms. The van der Waals surface area contributed by atoms with Gasteiger partial charge >= 0.3 is 5.69 Å². The summed E-state index contributed by atoms with van der Waals surface area (Å²) in [6.07, 6.45) is 3.69. The summed E-state index contributed by atoms with van der Waals surface area (Å²) >= 11 is 7.00. The second kappa shape index (κ2) is 9.56. The molecular weight excluding hydrogens is 547 g/mol. The topological polar surface area (TPSA) is 134 Å². The van der Waals surface area contributed by atoms with Crippen LogP contribution in [0.15, 0.2) is 52.1 Å². The lowest BCUT2D eigenvalue weighted by molar-refractivity contribution is -0.112. The Kier molecular flexibility index (Phi) is 6.35. The molecule has 0 saturated heterocycles. The van der Waals surface area contributed by atoms with E-state index in [1.807, 2.05) is 13.0 Å². The van der Waals surface area contributed by atoms with Crippen LogP contribution in [-0.4, -0.2) is 36.5 Å². The smallest absolute Gasteiger partial charge is 0.333 e. The highest BCUT2D eigenvalue weighted by Crippen LogP contribution is 2.47. The molecule has 8 nitrogen and oxygen atoms in total. The molecule has 3 atom stereocenters. The standard InChI is InChI=1S/C31H30ClFN4O4/c1-14-16(6-5-9-23(14)37-29(39)18-7-4-8-21(33)26(18)36-30(37)40)24-20(32)13-19(28(34)38)27-25(24)17-11-10-15(31(2,3)41)12-22(17)35-27/h4-9,13,15,20,24,35,41H,10-12H2,1-3H3,(H2,34,38)(H,36,40)/t15-,20+,24+/m0/s1. The molecule has 0 aliphatic heterocycles. The van der Waals surface area contributed by atoms with Crippen LogP contribution in [0.25, 0.3) is 22.2 Å². The van der Waals surface area contributed by atoms with Crippen LogP contribution in [0.4, 0.5) is 4.39 Å². The summed E-state index contributed by atoms with van der Waals surface area (Å²) in [5.41, 5.74) is 8.92. The number of halogens is 2. The van der Waals surface area contributed by atoms with E-state index in [-0.39, 0.29) is 16.8 Å². The number of para-hydroxylation sites is 1. The van der Waals surface area contributed by atoms with Crippen LogP contribution >= 0.6 is 11.6 Å². The van der Waals surface area contributed by atoms with Crippen molar-refractivity contribution in [3.8, 4) is 5.69 Å². The van der Waals surface area contributed by atoms with Crippen LogP contribution < -0.4 is 17.0 Å². The van der Waals surface area contributed by atoms with Crippen LogP contribution in [0.1, 0.15) is 59.8 Å². The molecule has 6 rings (SSSR count). The molecular formula is C31H30ClFN4O4. The van der Waals surface area contributed by atoms with Crippen LogP contribution in [0.2, 0.25) is 0 Å². The van der Waals surface area contributed by atoms with Gasteiger partial charge in [-0.05, 0) is 86.4 Å². The van der Waals surface area contributed by atoms with Gasteiger partial charge in [-0.1, -0.05) is 24.3 Å². The van der Waals surface area contributed by atoms with E-state index in [2.05, 4.69) is 9.97 Å². The molecule has 0 radical (unpaired) electrons. The number of alkyl halides is 1. The molecule has 2 heterocycles. The van der Waals surface area contributed by atoms with E-state index in [1.54, 1.807) is 32.1 Å². The highest BCUT2D eigenvalue weighted by molar-refractivity contribution is 6.27. The molecule has 2 aromatic carbocycles. The zero-order chi connectivity index (χ0) is 29.4. The van der Waals surface area contributed by atoms with Crippen molar-refractivity contribution in [3.05, 3.63) is 103 Å². The Labute approximate surface area is 239 Å². The minimum absolute atomic E-state index is 0.0303. The van der Waals surface area contributed by atoms with Crippen molar-refractivity contribution in [1.82, 2.24) is 14.5 Å². The maximum atomic E-state index is 14.3. The molecule has 41 heavy (non-hydrogen) atoms. The minimum Gasteiger partial charge on any atom is -0.390 e. The van der Waals surface area contributed by atoms with E-state index >= 15 is 0 Å². The van der Waals surface area contributed by atoms with Crippen LogP contribution in [-0.2, 0) is 17.6 Å². The Morgan fingerprint density at radius 2 is 1.90 bits per heavy atom. The second-order valence-electron chi connectivity index (χ2n) is 11.6. The number of amides is 1. The zero-order valence-corrected chi connectivity index (χ0v) is 23.6. The lowest BCUT2D eigenvalue weighted by atomic mass is 9.73. The fourth-order valence-corrected chi connectivity index (χ4v) is 6.95. The maximum Gasteiger partial charge on any atom is 0.333 e. The molecule has 1 amide bonds. The van der Waals surface area contributed by atoms with E-state index in [1.165, 1.54) is 18.2 Å². The third-order valence-corrected chi connectivity index (χ3v) is 9.10. The molecule has 5 N–H and O–H groups in total. The SMILES string of the molecule is Cc1c([C@H]2c3c([nH]c4c3CC[C@H](C(C)(C)O)C4)C(C(N)=O)=C[C@H]2Cl)cccc1-n1c(=O)[nH]c2c(F)cccc2c1=O. The van der Waals surface area contributed by atoms with Crippen LogP contribution in [0.5, 0.6) is 0 Å². The number of nitrogens with zero attached hydrogens (tertiary/aromatic N) is 1. The third kappa shape index (κ3) is 4.26. The number of hydrogen-bond acceptors (Lipinski definition) is 4. The number of nitrogens with one attached hydrogen (secondary N) is 2. The normalized spacial score (nSPS) is 20.4.